The third-order valence-electron chi connectivity index (χ3n) is 7.66. The number of anilines is 1. The summed E-state index contributed by atoms with van der Waals surface area (Å²) < 4.78 is 36.1. The number of nitrogens with one attached hydrogen (secondary N) is 1. The summed E-state index contributed by atoms with van der Waals surface area (Å²) in [5.41, 5.74) is 3.89. The average molecular weight is 583 g/mol. The van der Waals surface area contributed by atoms with E-state index in [1.165, 1.54) is 24.0 Å². The summed E-state index contributed by atoms with van der Waals surface area (Å²) in [6.45, 7) is 6.65. The van der Waals surface area contributed by atoms with E-state index >= 15 is 4.39 Å². The van der Waals surface area contributed by atoms with Crippen LogP contribution in [0.1, 0.15) is 72.8 Å². The highest BCUT2D eigenvalue weighted by atomic mass is 35.5. The van der Waals surface area contributed by atoms with Crippen molar-refractivity contribution in [1.82, 2.24) is 14.7 Å². The first-order valence-corrected chi connectivity index (χ1v) is 14.2. The molecular weight excluding hydrogens is 546 g/mol. The first kappa shape index (κ1) is 30.3. The molecule has 0 atom stereocenters. The van der Waals surface area contributed by atoms with Gasteiger partial charge in [-0.15, -0.1) is 12.4 Å². The highest BCUT2D eigenvalue weighted by Crippen LogP contribution is 2.32. The number of hydrogen-bond acceptors (Lipinski definition) is 4. The van der Waals surface area contributed by atoms with Crippen LogP contribution in [-0.2, 0) is 13.0 Å². The van der Waals surface area contributed by atoms with Crippen LogP contribution >= 0.6 is 12.4 Å². The molecule has 1 aliphatic rings. The summed E-state index contributed by atoms with van der Waals surface area (Å²) in [4.78, 5) is 19.7. The summed E-state index contributed by atoms with van der Waals surface area (Å²) in [7, 11) is 0. The van der Waals surface area contributed by atoms with E-state index in [1.807, 2.05) is 25.1 Å². The Labute approximate surface area is 246 Å². The standard InChI is InChI=1S/C32H36F2N4O2.ClH/c1-3-5-18-40-27-10-8-26(9-11-27)37-15-12-22(13-16-37)23-6-7-24(28(34)19-23)21-35-32(39)31-29(4-2)36-30-20-25(33)14-17-38(30)31;/h6-11,14,17,19-20,22H,3-5,12-13,15-16,18,21H2,1-2H3,(H,35,39);1H. The van der Waals surface area contributed by atoms with Gasteiger partial charge in [0.25, 0.3) is 5.91 Å². The molecule has 1 amide bonds. The van der Waals surface area contributed by atoms with E-state index < -0.39 is 5.82 Å². The number of ether oxygens (including phenoxy) is 1. The third-order valence-corrected chi connectivity index (χ3v) is 7.66. The molecule has 218 valence electrons. The first-order valence-electron chi connectivity index (χ1n) is 14.2. The number of pyridine rings is 1. The molecule has 2 aromatic heterocycles. The summed E-state index contributed by atoms with van der Waals surface area (Å²) in [6, 6.07) is 16.2. The van der Waals surface area contributed by atoms with Crippen LogP contribution in [-0.4, -0.2) is 35.0 Å². The van der Waals surface area contributed by atoms with E-state index in [0.717, 1.165) is 56.7 Å². The maximum atomic E-state index is 15.1. The molecule has 1 aliphatic heterocycles. The number of aromatic nitrogens is 2. The fraction of sp³-hybridized carbons (Fsp3) is 0.375. The topological polar surface area (TPSA) is 58.9 Å². The van der Waals surface area contributed by atoms with E-state index in [0.29, 0.717) is 29.0 Å². The first-order chi connectivity index (χ1) is 19.5. The summed E-state index contributed by atoms with van der Waals surface area (Å²) in [5, 5.41) is 2.82. The van der Waals surface area contributed by atoms with Gasteiger partial charge in [0.2, 0.25) is 0 Å². The molecule has 0 aliphatic carbocycles. The van der Waals surface area contributed by atoms with Crippen molar-refractivity contribution in [3.05, 3.63) is 94.9 Å². The third kappa shape index (κ3) is 6.99. The van der Waals surface area contributed by atoms with Crippen molar-refractivity contribution in [3.63, 3.8) is 0 Å². The van der Waals surface area contributed by atoms with Crippen molar-refractivity contribution in [3.8, 4) is 5.75 Å². The van der Waals surface area contributed by atoms with E-state index in [9.17, 15) is 9.18 Å². The molecule has 0 spiro atoms. The molecule has 0 saturated carbocycles. The number of nitrogens with zero attached hydrogens (tertiary/aromatic N) is 3. The molecule has 1 N–H and O–H groups in total. The van der Waals surface area contributed by atoms with Crippen molar-refractivity contribution in [2.75, 3.05) is 24.6 Å². The van der Waals surface area contributed by atoms with Gasteiger partial charge in [-0.1, -0.05) is 32.4 Å². The lowest BCUT2D eigenvalue weighted by Gasteiger charge is -2.34. The van der Waals surface area contributed by atoms with Crippen molar-refractivity contribution < 1.29 is 18.3 Å². The van der Waals surface area contributed by atoms with Gasteiger partial charge >= 0.3 is 0 Å². The van der Waals surface area contributed by atoms with Gasteiger partial charge in [0.15, 0.2) is 0 Å². The molecule has 6 nitrogen and oxygen atoms in total. The Hall–Kier alpha value is -3.65. The van der Waals surface area contributed by atoms with E-state index in [1.54, 1.807) is 16.5 Å². The van der Waals surface area contributed by atoms with Gasteiger partial charge in [0.05, 0.1) is 12.3 Å². The van der Waals surface area contributed by atoms with Gasteiger partial charge in [-0.2, -0.15) is 0 Å². The number of unbranched alkanes of at least 4 members (excludes halogenated alkanes) is 1. The fourth-order valence-corrected chi connectivity index (χ4v) is 5.33. The van der Waals surface area contributed by atoms with Gasteiger partial charge in [-0.05, 0) is 73.6 Å². The van der Waals surface area contributed by atoms with Crippen LogP contribution < -0.4 is 15.0 Å². The quantitative estimate of drug-likeness (QED) is 0.203. The maximum absolute atomic E-state index is 15.1. The predicted molar refractivity (Wildman–Crippen MR) is 160 cm³/mol. The molecule has 0 bridgehead atoms. The predicted octanol–water partition coefficient (Wildman–Crippen LogP) is 7.09. The van der Waals surface area contributed by atoms with Crippen LogP contribution in [0.15, 0.2) is 60.8 Å². The Balaban J connectivity index is 0.00000387. The van der Waals surface area contributed by atoms with Crippen molar-refractivity contribution in [2.24, 2.45) is 0 Å². The number of amides is 1. The highest BCUT2D eigenvalue weighted by molar-refractivity contribution is 5.94. The lowest BCUT2D eigenvalue weighted by molar-refractivity contribution is 0.0943. The summed E-state index contributed by atoms with van der Waals surface area (Å²) >= 11 is 0. The van der Waals surface area contributed by atoms with Crippen LogP contribution in [0, 0.1) is 11.6 Å². The van der Waals surface area contributed by atoms with Gasteiger partial charge in [-0.3, -0.25) is 9.20 Å². The number of halogens is 3. The SMILES string of the molecule is CCCCOc1ccc(N2CCC(c3ccc(CNC(=O)c4c(CC)nc5cc(F)ccn45)c(F)c3)CC2)cc1.Cl. The Morgan fingerprint density at radius 1 is 1.05 bits per heavy atom. The molecular formula is C32H37ClF2N4O2. The smallest absolute Gasteiger partial charge is 0.270 e. The molecule has 2 aromatic carbocycles. The van der Waals surface area contributed by atoms with Crippen LogP contribution in [0.5, 0.6) is 5.75 Å². The molecule has 1 saturated heterocycles. The van der Waals surface area contributed by atoms with Crippen LogP contribution in [0.2, 0.25) is 0 Å². The van der Waals surface area contributed by atoms with Crippen LogP contribution in [0.3, 0.4) is 0 Å². The van der Waals surface area contributed by atoms with Crippen LogP contribution in [0.25, 0.3) is 5.65 Å². The second-order valence-electron chi connectivity index (χ2n) is 10.3. The minimum Gasteiger partial charge on any atom is -0.494 e. The fourth-order valence-electron chi connectivity index (χ4n) is 5.33. The van der Waals surface area contributed by atoms with E-state index in [4.69, 9.17) is 4.74 Å². The van der Waals surface area contributed by atoms with Gasteiger partial charge in [0, 0.05) is 43.1 Å². The summed E-state index contributed by atoms with van der Waals surface area (Å²) in [6.07, 6.45) is 6.07. The highest BCUT2D eigenvalue weighted by Gasteiger charge is 2.23. The number of hydrogen-bond donors (Lipinski definition) is 1. The molecule has 0 radical (unpaired) electrons. The zero-order valence-electron chi connectivity index (χ0n) is 23.5. The minimum atomic E-state index is -0.415. The molecule has 0 unspecified atom stereocenters. The Morgan fingerprint density at radius 3 is 2.49 bits per heavy atom. The average Bonchev–Trinajstić information content (AvgIpc) is 3.35. The van der Waals surface area contributed by atoms with Gasteiger partial charge < -0.3 is 15.0 Å². The second-order valence-corrected chi connectivity index (χ2v) is 10.3. The maximum Gasteiger partial charge on any atom is 0.270 e. The van der Waals surface area contributed by atoms with Gasteiger partial charge in [0.1, 0.15) is 28.7 Å². The lowest BCUT2D eigenvalue weighted by atomic mass is 9.88. The molecule has 3 heterocycles. The molecule has 5 rings (SSSR count). The number of benzene rings is 2. The monoisotopic (exact) mass is 582 g/mol. The zero-order chi connectivity index (χ0) is 28.1. The number of rotatable bonds is 10. The van der Waals surface area contributed by atoms with Gasteiger partial charge in [-0.25, -0.2) is 13.8 Å². The Kier molecular flexibility index (Phi) is 10.2. The number of fused-ring (bicyclic) bond motifs is 1. The van der Waals surface area contributed by atoms with E-state index in [2.05, 4.69) is 34.3 Å². The second kappa shape index (κ2) is 13.8. The minimum absolute atomic E-state index is 0. The van der Waals surface area contributed by atoms with Crippen molar-refractivity contribution in [2.45, 2.75) is 58.4 Å². The largest absolute Gasteiger partial charge is 0.494 e. The number of imidazole rings is 1. The van der Waals surface area contributed by atoms with Crippen molar-refractivity contribution in [1.29, 1.82) is 0 Å². The number of aryl methyl sites for hydroxylation is 1. The molecule has 4 aromatic rings. The van der Waals surface area contributed by atoms with E-state index in [-0.39, 0.29) is 36.6 Å². The lowest BCUT2D eigenvalue weighted by Crippen LogP contribution is -2.32. The zero-order valence-corrected chi connectivity index (χ0v) is 24.4. The molecule has 41 heavy (non-hydrogen) atoms. The Morgan fingerprint density at radius 2 is 1.80 bits per heavy atom. The number of carbonyl (C=O) groups is 1. The normalized spacial score (nSPS) is 13.7. The Bertz CT molecular complexity index is 1470. The number of carbonyl (C=O) groups excluding carboxylic acids is 1. The van der Waals surface area contributed by atoms with Crippen molar-refractivity contribution >= 4 is 29.6 Å². The number of piperidine rings is 1. The van der Waals surface area contributed by atoms with Crippen LogP contribution in [0.4, 0.5) is 14.5 Å². The summed E-state index contributed by atoms with van der Waals surface area (Å²) in [5.74, 6) is 0.0827. The molecule has 1 fully saturated rings. The molecule has 9 heteroatoms.